The van der Waals surface area contributed by atoms with Crippen molar-refractivity contribution < 1.29 is 14.7 Å². The second-order valence-electron chi connectivity index (χ2n) is 7.14. The van der Waals surface area contributed by atoms with Crippen LogP contribution in [-0.2, 0) is 4.79 Å². The molecule has 7 heteroatoms. The summed E-state index contributed by atoms with van der Waals surface area (Å²) in [4.78, 5) is 25.5. The minimum atomic E-state index is -0.708. The molecule has 2 aliphatic rings. The lowest BCUT2D eigenvalue weighted by atomic mass is 9.90. The molecule has 1 atom stereocenters. The molecule has 1 saturated heterocycles. The van der Waals surface area contributed by atoms with Crippen LogP contribution in [0, 0.1) is 18.3 Å². The number of benzene rings is 1. The fourth-order valence-electron chi connectivity index (χ4n) is 3.83. The molecular weight excluding hydrogens is 320 g/mol. The number of piperidine rings is 1. The zero-order chi connectivity index (χ0) is 17.6. The highest BCUT2D eigenvalue weighted by molar-refractivity contribution is 5.92. The lowest BCUT2D eigenvalue weighted by molar-refractivity contribution is -0.139. The first-order valence-electron chi connectivity index (χ1n) is 8.50. The summed E-state index contributed by atoms with van der Waals surface area (Å²) in [6.07, 6.45) is 3.90. The molecule has 1 spiro atoms. The van der Waals surface area contributed by atoms with Gasteiger partial charge in [0, 0.05) is 13.1 Å². The van der Waals surface area contributed by atoms with Gasteiger partial charge in [0.05, 0.1) is 17.8 Å². The van der Waals surface area contributed by atoms with Crippen molar-refractivity contribution in [1.82, 2.24) is 19.9 Å². The van der Waals surface area contributed by atoms with E-state index >= 15 is 0 Å². The molecule has 1 unspecified atom stereocenters. The van der Waals surface area contributed by atoms with Gasteiger partial charge in [0.1, 0.15) is 0 Å². The highest BCUT2D eigenvalue weighted by Crippen LogP contribution is 2.59. The molecule has 25 heavy (non-hydrogen) atoms. The van der Waals surface area contributed by atoms with Crippen LogP contribution in [0.2, 0.25) is 0 Å². The van der Waals surface area contributed by atoms with Crippen LogP contribution in [0.4, 0.5) is 0 Å². The van der Waals surface area contributed by atoms with E-state index in [-0.39, 0.29) is 17.2 Å². The van der Waals surface area contributed by atoms with Gasteiger partial charge >= 0.3 is 5.97 Å². The molecule has 1 saturated carbocycles. The molecule has 7 nitrogen and oxygen atoms in total. The van der Waals surface area contributed by atoms with Gasteiger partial charge in [-0.05, 0) is 49.3 Å². The van der Waals surface area contributed by atoms with Crippen LogP contribution < -0.4 is 0 Å². The molecule has 1 N–H and O–H groups in total. The van der Waals surface area contributed by atoms with Gasteiger partial charge in [0.2, 0.25) is 0 Å². The van der Waals surface area contributed by atoms with Crippen molar-refractivity contribution in [1.29, 1.82) is 0 Å². The second-order valence-corrected chi connectivity index (χ2v) is 7.14. The lowest BCUT2D eigenvalue weighted by Crippen LogP contribution is -2.40. The molecule has 0 radical (unpaired) electrons. The Kier molecular flexibility index (Phi) is 3.59. The number of carboxylic acids is 1. The Morgan fingerprint density at radius 2 is 2.04 bits per heavy atom. The van der Waals surface area contributed by atoms with Crippen molar-refractivity contribution in [3.63, 3.8) is 0 Å². The van der Waals surface area contributed by atoms with E-state index in [4.69, 9.17) is 5.11 Å². The number of nitrogens with zero attached hydrogens (tertiary/aromatic N) is 4. The molecule has 2 fully saturated rings. The topological polar surface area (TPSA) is 88.3 Å². The van der Waals surface area contributed by atoms with Crippen LogP contribution in [-0.4, -0.2) is 50.0 Å². The lowest BCUT2D eigenvalue weighted by Gasteiger charge is -2.32. The molecule has 4 rings (SSSR count). The van der Waals surface area contributed by atoms with E-state index in [1.54, 1.807) is 15.8 Å². The van der Waals surface area contributed by atoms with Gasteiger partial charge in [-0.15, -0.1) is 5.10 Å². The summed E-state index contributed by atoms with van der Waals surface area (Å²) in [6, 6.07) is 7.83. The van der Waals surface area contributed by atoms with Gasteiger partial charge in [-0.3, -0.25) is 9.59 Å². The van der Waals surface area contributed by atoms with Crippen LogP contribution in [0.1, 0.15) is 35.3 Å². The number of likely N-dealkylation sites (tertiary alicyclic amines) is 1. The average molecular weight is 340 g/mol. The Morgan fingerprint density at radius 3 is 2.68 bits per heavy atom. The minimum absolute atomic E-state index is 0.0816. The van der Waals surface area contributed by atoms with Crippen molar-refractivity contribution in [3.8, 4) is 5.69 Å². The number of rotatable bonds is 3. The van der Waals surface area contributed by atoms with Crippen LogP contribution in [0.3, 0.4) is 0 Å². The Labute approximate surface area is 145 Å². The number of aromatic nitrogens is 3. The van der Waals surface area contributed by atoms with E-state index in [9.17, 15) is 9.59 Å². The monoisotopic (exact) mass is 340 g/mol. The molecule has 1 aliphatic heterocycles. The molecule has 1 aromatic heterocycles. The maximum absolute atomic E-state index is 12.7. The highest BCUT2D eigenvalue weighted by Gasteiger charge is 2.59. The zero-order valence-corrected chi connectivity index (χ0v) is 14.1. The summed E-state index contributed by atoms with van der Waals surface area (Å²) >= 11 is 0. The number of carboxylic acid groups (broad SMARTS) is 1. The normalized spacial score (nSPS) is 21.3. The van der Waals surface area contributed by atoms with Crippen LogP contribution in [0.5, 0.6) is 0 Å². The first-order chi connectivity index (χ1) is 12.0. The second kappa shape index (κ2) is 5.68. The predicted octanol–water partition coefficient (Wildman–Crippen LogP) is 1.90. The molecule has 1 aromatic carbocycles. The molecule has 0 bridgehead atoms. The first kappa shape index (κ1) is 15.8. The molecule has 2 heterocycles. The summed E-state index contributed by atoms with van der Waals surface area (Å²) in [6.45, 7) is 3.16. The number of hydrogen-bond acceptors (Lipinski definition) is 4. The van der Waals surface area contributed by atoms with Crippen molar-refractivity contribution in [2.45, 2.75) is 26.2 Å². The maximum atomic E-state index is 12.7. The third-order valence-electron chi connectivity index (χ3n) is 5.51. The average Bonchev–Trinajstić information content (AvgIpc) is 3.08. The van der Waals surface area contributed by atoms with Crippen molar-refractivity contribution in [2.24, 2.45) is 11.3 Å². The number of aliphatic carboxylic acids is 1. The predicted molar refractivity (Wildman–Crippen MR) is 89.4 cm³/mol. The van der Waals surface area contributed by atoms with E-state index in [0.29, 0.717) is 18.8 Å². The Balaban J connectivity index is 1.44. The molecule has 1 amide bonds. The van der Waals surface area contributed by atoms with Crippen LogP contribution >= 0.6 is 0 Å². The summed E-state index contributed by atoms with van der Waals surface area (Å²) in [7, 11) is 0. The van der Waals surface area contributed by atoms with Crippen molar-refractivity contribution >= 4 is 11.9 Å². The van der Waals surface area contributed by atoms with Gasteiger partial charge in [-0.25, -0.2) is 4.68 Å². The number of hydrogen-bond donors (Lipinski definition) is 1. The van der Waals surface area contributed by atoms with E-state index < -0.39 is 5.97 Å². The molecule has 130 valence electrons. The molecule has 2 aromatic rings. The fraction of sp³-hybridized carbons (Fsp3) is 0.444. The number of amides is 1. The smallest absolute Gasteiger partial charge is 0.307 e. The Bertz CT molecular complexity index is 836. The highest BCUT2D eigenvalue weighted by atomic mass is 16.4. The van der Waals surface area contributed by atoms with Crippen LogP contribution in [0.15, 0.2) is 30.5 Å². The zero-order valence-electron chi connectivity index (χ0n) is 14.1. The number of carbonyl (C=O) groups is 2. The summed E-state index contributed by atoms with van der Waals surface area (Å²) in [5.41, 5.74) is 2.22. The number of carbonyl (C=O) groups excluding carboxylic acids is 1. The van der Waals surface area contributed by atoms with Crippen molar-refractivity contribution in [3.05, 3.63) is 41.7 Å². The number of aryl methyl sites for hydroxylation is 1. The van der Waals surface area contributed by atoms with Gasteiger partial charge < -0.3 is 10.0 Å². The standard InChI is InChI=1S/C18H20N4O3/c1-12-3-2-4-13(9-12)22-11-15(19-20-22)16(23)21-7-5-18(6-8-21)10-14(18)17(24)25/h2-4,9,11,14H,5-8,10H2,1H3,(H,24,25). The summed E-state index contributed by atoms with van der Waals surface area (Å²) in [5.74, 6) is -1.07. The first-order valence-corrected chi connectivity index (χ1v) is 8.50. The Morgan fingerprint density at radius 1 is 1.28 bits per heavy atom. The van der Waals surface area contributed by atoms with Gasteiger partial charge in [-0.1, -0.05) is 17.3 Å². The van der Waals surface area contributed by atoms with E-state index in [1.807, 2.05) is 31.2 Å². The largest absolute Gasteiger partial charge is 0.481 e. The van der Waals surface area contributed by atoms with Gasteiger partial charge in [0.25, 0.3) is 5.91 Å². The van der Waals surface area contributed by atoms with Crippen molar-refractivity contribution in [2.75, 3.05) is 13.1 Å². The molecular formula is C18H20N4O3. The summed E-state index contributed by atoms with van der Waals surface area (Å²) in [5, 5.41) is 17.2. The third-order valence-corrected chi connectivity index (χ3v) is 5.51. The van der Waals surface area contributed by atoms with Gasteiger partial charge in [-0.2, -0.15) is 0 Å². The SMILES string of the molecule is Cc1cccc(-n2cc(C(=O)N3CCC4(CC3)CC4C(=O)O)nn2)c1. The van der Waals surface area contributed by atoms with Gasteiger partial charge in [0.15, 0.2) is 5.69 Å². The Hall–Kier alpha value is -2.70. The quantitative estimate of drug-likeness (QED) is 0.922. The summed E-state index contributed by atoms with van der Waals surface area (Å²) < 4.78 is 1.60. The van der Waals surface area contributed by atoms with E-state index in [2.05, 4.69) is 10.3 Å². The van der Waals surface area contributed by atoms with Crippen LogP contribution in [0.25, 0.3) is 5.69 Å². The molecule has 1 aliphatic carbocycles. The van der Waals surface area contributed by atoms with E-state index in [0.717, 1.165) is 30.5 Å². The fourth-order valence-corrected chi connectivity index (χ4v) is 3.83. The minimum Gasteiger partial charge on any atom is -0.481 e. The third kappa shape index (κ3) is 2.79. The van der Waals surface area contributed by atoms with E-state index in [1.165, 1.54) is 0 Å². The maximum Gasteiger partial charge on any atom is 0.307 e.